The van der Waals surface area contributed by atoms with Crippen LogP contribution < -0.4 is 14.2 Å². The van der Waals surface area contributed by atoms with Crippen molar-refractivity contribution in [2.24, 2.45) is 0 Å². The summed E-state index contributed by atoms with van der Waals surface area (Å²) in [5.41, 5.74) is 3.54. The lowest BCUT2D eigenvalue weighted by Gasteiger charge is -2.23. The summed E-state index contributed by atoms with van der Waals surface area (Å²) in [6.45, 7) is 10.1. The molecular weight excluding hydrogens is 364 g/mol. The van der Waals surface area contributed by atoms with Crippen molar-refractivity contribution in [3.8, 4) is 34.1 Å². The number of rotatable bonds is 7. The largest absolute Gasteiger partial charge is 0.507 e. The molecule has 0 fully saturated rings. The second-order valence-electron chi connectivity index (χ2n) is 7.47. The lowest BCUT2D eigenvalue weighted by molar-refractivity contribution is 0.241. The van der Waals surface area contributed by atoms with Crippen molar-refractivity contribution in [2.75, 3.05) is 14.2 Å². The monoisotopic (exact) mass is 392 g/mol. The predicted molar refractivity (Wildman–Crippen MR) is 118 cm³/mol. The van der Waals surface area contributed by atoms with Crippen LogP contribution in [0.4, 0.5) is 0 Å². The minimum Gasteiger partial charge on any atom is -0.507 e. The highest BCUT2D eigenvalue weighted by Crippen LogP contribution is 2.48. The number of fused-ring (bicyclic) bond motifs is 1. The topological polar surface area (TPSA) is 47.9 Å². The molecule has 0 saturated carbocycles. The third kappa shape index (κ3) is 4.16. The van der Waals surface area contributed by atoms with Gasteiger partial charge in [0, 0.05) is 10.9 Å². The van der Waals surface area contributed by atoms with Crippen LogP contribution in [0.15, 0.2) is 54.6 Å². The zero-order chi connectivity index (χ0) is 21.1. The molecule has 0 saturated heterocycles. The van der Waals surface area contributed by atoms with Gasteiger partial charge in [-0.2, -0.15) is 0 Å². The van der Waals surface area contributed by atoms with Gasteiger partial charge in [-0.25, -0.2) is 0 Å². The second-order valence-corrected chi connectivity index (χ2v) is 7.47. The Morgan fingerprint density at radius 2 is 1.59 bits per heavy atom. The maximum atomic E-state index is 11.3. The molecule has 0 heterocycles. The van der Waals surface area contributed by atoms with Gasteiger partial charge in [-0.15, -0.1) is 0 Å². The van der Waals surface area contributed by atoms with Crippen LogP contribution >= 0.6 is 0 Å². The van der Waals surface area contributed by atoms with Crippen molar-refractivity contribution in [3.63, 3.8) is 0 Å². The average molecular weight is 392 g/mol. The van der Waals surface area contributed by atoms with Crippen LogP contribution in [0, 0.1) is 0 Å². The van der Waals surface area contributed by atoms with Gasteiger partial charge in [0.1, 0.15) is 23.0 Å². The molecule has 0 aliphatic heterocycles. The van der Waals surface area contributed by atoms with Crippen molar-refractivity contribution >= 4 is 10.8 Å². The lowest BCUT2D eigenvalue weighted by Crippen LogP contribution is -2.10. The smallest absolute Gasteiger partial charge is 0.135 e. The first kappa shape index (κ1) is 20.6. The zero-order valence-corrected chi connectivity index (χ0v) is 17.7. The Labute approximate surface area is 172 Å². The van der Waals surface area contributed by atoms with E-state index in [1.165, 1.54) is 0 Å². The molecule has 0 amide bonds. The summed E-state index contributed by atoms with van der Waals surface area (Å²) < 4.78 is 16.9. The summed E-state index contributed by atoms with van der Waals surface area (Å²) in [4.78, 5) is 0. The molecular formula is C25H28O4. The van der Waals surface area contributed by atoms with Gasteiger partial charge in [-0.05, 0) is 62.4 Å². The Kier molecular flexibility index (Phi) is 6.02. The fourth-order valence-corrected chi connectivity index (χ4v) is 3.49. The Bertz CT molecular complexity index is 1030. The third-order valence-electron chi connectivity index (χ3n) is 4.76. The van der Waals surface area contributed by atoms with Crippen LogP contribution in [0.5, 0.6) is 23.0 Å². The average Bonchev–Trinajstić information content (AvgIpc) is 2.70. The molecule has 4 heteroatoms. The number of ether oxygens (including phenoxy) is 3. The Morgan fingerprint density at radius 1 is 0.966 bits per heavy atom. The van der Waals surface area contributed by atoms with E-state index in [-0.39, 0.29) is 11.9 Å². The van der Waals surface area contributed by atoms with E-state index in [2.05, 4.69) is 6.58 Å². The molecule has 0 bridgehead atoms. The molecule has 0 radical (unpaired) electrons. The number of phenols is 1. The number of phenolic OH excluding ortho intramolecular Hbond substituents is 1. The first-order valence-corrected chi connectivity index (χ1v) is 9.66. The van der Waals surface area contributed by atoms with Gasteiger partial charge in [-0.1, -0.05) is 30.4 Å². The standard InChI is InChI=1S/C25H28O4/c1-15(2)13-22-20-12-11-19(28-6)14-21(20)24(26)23(25(22)29-16(3)4)17-7-9-18(27-5)10-8-17/h7-12,14,16,26H,1,13H2,2-6H3. The second kappa shape index (κ2) is 8.48. The Hall–Kier alpha value is -3.14. The first-order valence-electron chi connectivity index (χ1n) is 9.66. The summed E-state index contributed by atoms with van der Waals surface area (Å²) in [6.07, 6.45) is 0.597. The fraction of sp³-hybridized carbons (Fsp3) is 0.280. The molecule has 0 unspecified atom stereocenters. The molecule has 0 aliphatic rings. The van der Waals surface area contributed by atoms with Crippen LogP contribution in [0.25, 0.3) is 21.9 Å². The molecule has 29 heavy (non-hydrogen) atoms. The highest BCUT2D eigenvalue weighted by Gasteiger charge is 2.23. The minimum absolute atomic E-state index is 0.0500. The molecule has 3 aromatic carbocycles. The van der Waals surface area contributed by atoms with Gasteiger partial charge in [0.25, 0.3) is 0 Å². The van der Waals surface area contributed by atoms with E-state index >= 15 is 0 Å². The maximum absolute atomic E-state index is 11.3. The molecule has 3 rings (SSSR count). The molecule has 0 aromatic heterocycles. The van der Waals surface area contributed by atoms with Gasteiger partial charge in [0.15, 0.2) is 0 Å². The summed E-state index contributed by atoms with van der Waals surface area (Å²) in [7, 11) is 3.25. The van der Waals surface area contributed by atoms with Crippen molar-refractivity contribution in [1.29, 1.82) is 0 Å². The molecule has 0 atom stereocenters. The van der Waals surface area contributed by atoms with Gasteiger partial charge >= 0.3 is 0 Å². The van der Waals surface area contributed by atoms with Crippen molar-refractivity contribution in [3.05, 3.63) is 60.2 Å². The summed E-state index contributed by atoms with van der Waals surface area (Å²) in [6, 6.07) is 13.3. The quantitative estimate of drug-likeness (QED) is 0.491. The third-order valence-corrected chi connectivity index (χ3v) is 4.76. The highest BCUT2D eigenvalue weighted by atomic mass is 16.5. The van der Waals surface area contributed by atoms with Crippen LogP contribution in [0.2, 0.25) is 0 Å². The van der Waals surface area contributed by atoms with Gasteiger partial charge < -0.3 is 19.3 Å². The number of hydrogen-bond donors (Lipinski definition) is 1. The first-order chi connectivity index (χ1) is 13.8. The normalized spacial score (nSPS) is 11.0. The Balaban J connectivity index is 2.41. The van der Waals surface area contributed by atoms with Gasteiger partial charge in [0.2, 0.25) is 0 Å². The van der Waals surface area contributed by atoms with E-state index in [9.17, 15) is 5.11 Å². The number of allylic oxidation sites excluding steroid dienone is 1. The van der Waals surface area contributed by atoms with E-state index in [4.69, 9.17) is 14.2 Å². The summed E-state index contributed by atoms with van der Waals surface area (Å²) in [5.74, 6) is 2.30. The minimum atomic E-state index is -0.0500. The van der Waals surface area contributed by atoms with Crippen molar-refractivity contribution in [2.45, 2.75) is 33.3 Å². The van der Waals surface area contributed by atoms with Crippen molar-refractivity contribution < 1.29 is 19.3 Å². The van der Waals surface area contributed by atoms with E-state index in [0.29, 0.717) is 23.5 Å². The number of benzene rings is 3. The molecule has 152 valence electrons. The molecule has 0 aliphatic carbocycles. The van der Waals surface area contributed by atoms with E-state index in [1.807, 2.05) is 63.2 Å². The molecule has 3 aromatic rings. The van der Waals surface area contributed by atoms with Crippen LogP contribution in [0.1, 0.15) is 26.3 Å². The maximum Gasteiger partial charge on any atom is 0.135 e. The summed E-state index contributed by atoms with van der Waals surface area (Å²) in [5, 5.41) is 13.0. The number of hydrogen-bond acceptors (Lipinski definition) is 4. The van der Waals surface area contributed by atoms with Crippen molar-refractivity contribution in [1.82, 2.24) is 0 Å². The van der Waals surface area contributed by atoms with Gasteiger partial charge in [0.05, 0.1) is 25.9 Å². The molecule has 1 N–H and O–H groups in total. The number of methoxy groups -OCH3 is 2. The lowest BCUT2D eigenvalue weighted by atomic mass is 9.91. The molecule has 4 nitrogen and oxygen atoms in total. The van der Waals surface area contributed by atoms with Gasteiger partial charge in [-0.3, -0.25) is 0 Å². The Morgan fingerprint density at radius 3 is 2.14 bits per heavy atom. The van der Waals surface area contributed by atoms with Crippen LogP contribution in [-0.4, -0.2) is 25.4 Å². The predicted octanol–water partition coefficient (Wildman–Crippen LogP) is 6.14. The zero-order valence-electron chi connectivity index (χ0n) is 17.7. The van der Waals surface area contributed by atoms with E-state index in [0.717, 1.165) is 33.2 Å². The van der Waals surface area contributed by atoms with E-state index < -0.39 is 0 Å². The fourth-order valence-electron chi connectivity index (χ4n) is 3.49. The van der Waals surface area contributed by atoms with Crippen LogP contribution in [-0.2, 0) is 6.42 Å². The summed E-state index contributed by atoms with van der Waals surface area (Å²) >= 11 is 0. The highest BCUT2D eigenvalue weighted by molar-refractivity contribution is 6.01. The van der Waals surface area contributed by atoms with Crippen LogP contribution in [0.3, 0.4) is 0 Å². The molecule has 0 spiro atoms. The SMILES string of the molecule is C=C(C)Cc1c(OC(C)C)c(-c2ccc(OC)cc2)c(O)c2cc(OC)ccc12. The van der Waals surface area contributed by atoms with E-state index in [1.54, 1.807) is 14.2 Å². The number of aromatic hydroxyl groups is 1.